The predicted octanol–water partition coefficient (Wildman–Crippen LogP) is 3.87. The van der Waals surface area contributed by atoms with Crippen molar-refractivity contribution in [2.75, 3.05) is 38.3 Å². The van der Waals surface area contributed by atoms with Crippen molar-refractivity contribution >= 4 is 11.5 Å². The van der Waals surface area contributed by atoms with Gasteiger partial charge >= 0.3 is 0 Å². The molecule has 4 aromatic rings. The second kappa shape index (κ2) is 9.15. The number of ether oxygens (including phenoxy) is 2. The lowest BCUT2D eigenvalue weighted by molar-refractivity contribution is 0.122. The van der Waals surface area contributed by atoms with Crippen LogP contribution < -0.4 is 9.64 Å². The summed E-state index contributed by atoms with van der Waals surface area (Å²) in [6.07, 6.45) is 2.84. The van der Waals surface area contributed by atoms with Crippen molar-refractivity contribution in [3.63, 3.8) is 0 Å². The number of hydrogen-bond acceptors (Lipinski definition) is 6. The van der Waals surface area contributed by atoms with E-state index >= 15 is 0 Å². The lowest BCUT2D eigenvalue weighted by Crippen LogP contribution is -2.36. The third kappa shape index (κ3) is 4.14. The molecular weight excluding hydrogens is 421 g/mol. The second-order valence-corrected chi connectivity index (χ2v) is 8.09. The van der Waals surface area contributed by atoms with Crippen LogP contribution in [0.1, 0.15) is 17.0 Å². The largest absolute Gasteiger partial charge is 0.496 e. The Morgan fingerprint density at radius 3 is 2.64 bits per heavy atom. The molecule has 0 aliphatic carbocycles. The molecule has 0 atom stereocenters. The molecule has 4 heterocycles. The van der Waals surface area contributed by atoms with E-state index in [1.165, 1.54) is 6.07 Å². The number of aromatic nitrogens is 4. The summed E-state index contributed by atoms with van der Waals surface area (Å²) in [6.45, 7) is 5.17. The highest BCUT2D eigenvalue weighted by Crippen LogP contribution is 2.29. The Hall–Kier alpha value is -3.52. The average Bonchev–Trinajstić information content (AvgIpc) is 3.34. The molecule has 1 aromatic carbocycles. The average molecular weight is 448 g/mol. The van der Waals surface area contributed by atoms with Gasteiger partial charge in [0.2, 0.25) is 0 Å². The molecule has 0 spiro atoms. The fourth-order valence-electron chi connectivity index (χ4n) is 4.40. The second-order valence-electron chi connectivity index (χ2n) is 8.09. The summed E-state index contributed by atoms with van der Waals surface area (Å²) in [5, 5.41) is 8.52. The summed E-state index contributed by atoms with van der Waals surface area (Å²) >= 11 is 0. The number of anilines is 1. The van der Waals surface area contributed by atoms with Gasteiger partial charge in [-0.15, -0.1) is 10.2 Å². The molecule has 0 radical (unpaired) electrons. The van der Waals surface area contributed by atoms with E-state index in [2.05, 4.69) is 33.3 Å². The quantitative estimate of drug-likeness (QED) is 0.447. The third-order valence-corrected chi connectivity index (χ3v) is 6.16. The molecule has 1 aliphatic rings. The summed E-state index contributed by atoms with van der Waals surface area (Å²) in [5.41, 5.74) is 5.26. The van der Waals surface area contributed by atoms with Gasteiger partial charge in [0.25, 0.3) is 0 Å². The highest BCUT2D eigenvalue weighted by Gasteiger charge is 2.17. The van der Waals surface area contributed by atoms with Crippen LogP contribution in [-0.4, -0.2) is 53.0 Å². The molecule has 0 amide bonds. The minimum absolute atomic E-state index is 0.256. The third-order valence-electron chi connectivity index (χ3n) is 6.16. The van der Waals surface area contributed by atoms with Crippen molar-refractivity contribution in [3.8, 4) is 16.9 Å². The van der Waals surface area contributed by atoms with E-state index in [-0.39, 0.29) is 5.82 Å². The van der Waals surface area contributed by atoms with Gasteiger partial charge in [0.05, 0.1) is 20.3 Å². The number of rotatable bonds is 6. The molecule has 1 fully saturated rings. The Labute approximate surface area is 191 Å². The van der Waals surface area contributed by atoms with Gasteiger partial charge in [-0.2, -0.15) is 0 Å². The van der Waals surface area contributed by atoms with Crippen LogP contribution in [0.3, 0.4) is 0 Å². The Bertz CT molecular complexity index is 1280. The molecule has 0 bridgehead atoms. The van der Waals surface area contributed by atoms with Crippen LogP contribution >= 0.6 is 0 Å². The molecule has 1 aliphatic heterocycles. The molecule has 8 heteroatoms. The van der Waals surface area contributed by atoms with E-state index < -0.39 is 0 Å². The van der Waals surface area contributed by atoms with Gasteiger partial charge < -0.3 is 14.4 Å². The zero-order valence-corrected chi connectivity index (χ0v) is 18.8. The summed E-state index contributed by atoms with van der Waals surface area (Å²) in [4.78, 5) is 7.09. The summed E-state index contributed by atoms with van der Waals surface area (Å²) < 4.78 is 27.1. The highest BCUT2D eigenvalue weighted by atomic mass is 19.1. The number of pyridine rings is 2. The van der Waals surface area contributed by atoms with Crippen molar-refractivity contribution in [1.82, 2.24) is 19.6 Å². The summed E-state index contributed by atoms with van der Waals surface area (Å²) in [6, 6.07) is 13.2. The van der Waals surface area contributed by atoms with Crippen LogP contribution in [0, 0.1) is 12.7 Å². The summed E-state index contributed by atoms with van der Waals surface area (Å²) in [7, 11) is 1.56. The highest BCUT2D eigenvalue weighted by molar-refractivity contribution is 5.79. The Morgan fingerprint density at radius 1 is 1.03 bits per heavy atom. The van der Waals surface area contributed by atoms with E-state index in [1.807, 2.05) is 17.4 Å². The van der Waals surface area contributed by atoms with Gasteiger partial charge in [-0.05, 0) is 56.2 Å². The Kier molecular flexibility index (Phi) is 5.92. The standard InChI is InChI=1S/C25H26FN5O2/c1-17-19(10-11-24(28-17)30-12-14-33-15-13-30)20-8-6-18(31-16-27-29-25(20)31)7-9-21-22(26)4-3-5-23(21)32-2/h3-6,8,10-11,16H,7,9,12-15H2,1-2H3. The van der Waals surface area contributed by atoms with Gasteiger partial charge in [-0.1, -0.05) is 6.07 Å². The number of fused-ring (bicyclic) bond motifs is 1. The van der Waals surface area contributed by atoms with E-state index in [9.17, 15) is 4.39 Å². The number of aryl methyl sites for hydroxylation is 2. The first-order valence-corrected chi connectivity index (χ1v) is 11.1. The van der Waals surface area contributed by atoms with Gasteiger partial charge in [0, 0.05) is 41.2 Å². The number of methoxy groups -OCH3 is 1. The lowest BCUT2D eigenvalue weighted by Gasteiger charge is -2.28. The fraction of sp³-hybridized carbons (Fsp3) is 0.320. The molecular formula is C25H26FN5O2. The number of halogens is 1. The maximum absolute atomic E-state index is 14.4. The van der Waals surface area contributed by atoms with E-state index in [4.69, 9.17) is 14.5 Å². The van der Waals surface area contributed by atoms with Gasteiger partial charge in [-0.3, -0.25) is 4.40 Å². The topological polar surface area (TPSA) is 64.8 Å². The summed E-state index contributed by atoms with van der Waals surface area (Å²) in [5.74, 6) is 1.27. The Morgan fingerprint density at radius 2 is 1.85 bits per heavy atom. The maximum Gasteiger partial charge on any atom is 0.168 e. The Balaban J connectivity index is 1.44. The van der Waals surface area contributed by atoms with Crippen molar-refractivity contribution in [3.05, 3.63) is 71.6 Å². The minimum atomic E-state index is -0.256. The molecule has 1 saturated heterocycles. The van der Waals surface area contributed by atoms with Gasteiger partial charge in [0.15, 0.2) is 5.65 Å². The van der Waals surface area contributed by atoms with E-state index in [0.29, 0.717) is 24.2 Å². The van der Waals surface area contributed by atoms with Crippen LogP contribution in [0.25, 0.3) is 16.8 Å². The first-order chi connectivity index (χ1) is 16.2. The van der Waals surface area contributed by atoms with Gasteiger partial charge in [0.1, 0.15) is 23.7 Å². The van der Waals surface area contributed by atoms with Crippen molar-refractivity contribution < 1.29 is 13.9 Å². The fourth-order valence-corrected chi connectivity index (χ4v) is 4.40. The maximum atomic E-state index is 14.4. The molecule has 7 nitrogen and oxygen atoms in total. The minimum Gasteiger partial charge on any atom is -0.496 e. The van der Waals surface area contributed by atoms with Crippen LogP contribution in [0.2, 0.25) is 0 Å². The monoisotopic (exact) mass is 447 g/mol. The number of benzene rings is 1. The number of nitrogens with zero attached hydrogens (tertiary/aromatic N) is 5. The molecule has 5 rings (SSSR count). The first-order valence-electron chi connectivity index (χ1n) is 11.1. The van der Waals surface area contributed by atoms with Crippen LogP contribution in [-0.2, 0) is 17.6 Å². The van der Waals surface area contributed by atoms with Crippen molar-refractivity contribution in [2.45, 2.75) is 19.8 Å². The zero-order chi connectivity index (χ0) is 22.8. The predicted molar refractivity (Wildman–Crippen MR) is 124 cm³/mol. The zero-order valence-electron chi connectivity index (χ0n) is 18.8. The molecule has 0 unspecified atom stereocenters. The van der Waals surface area contributed by atoms with E-state index in [0.717, 1.165) is 60.3 Å². The van der Waals surface area contributed by atoms with Crippen molar-refractivity contribution in [2.24, 2.45) is 0 Å². The molecule has 170 valence electrons. The lowest BCUT2D eigenvalue weighted by atomic mass is 10.0. The smallest absolute Gasteiger partial charge is 0.168 e. The molecule has 3 aromatic heterocycles. The first kappa shape index (κ1) is 21.3. The van der Waals surface area contributed by atoms with Gasteiger partial charge in [-0.25, -0.2) is 9.37 Å². The number of hydrogen-bond donors (Lipinski definition) is 0. The molecule has 33 heavy (non-hydrogen) atoms. The van der Waals surface area contributed by atoms with Crippen LogP contribution in [0.5, 0.6) is 5.75 Å². The molecule has 0 N–H and O–H groups in total. The van der Waals surface area contributed by atoms with Crippen LogP contribution in [0.4, 0.5) is 10.2 Å². The molecule has 0 saturated carbocycles. The SMILES string of the molecule is COc1cccc(F)c1CCc1ccc(-c2ccc(N3CCOCC3)nc2C)c2nncn12. The van der Waals surface area contributed by atoms with Crippen LogP contribution in [0.15, 0.2) is 48.8 Å². The number of morpholine rings is 1. The normalized spacial score (nSPS) is 14.1. The van der Waals surface area contributed by atoms with Crippen molar-refractivity contribution in [1.29, 1.82) is 0 Å². The van der Waals surface area contributed by atoms with E-state index in [1.54, 1.807) is 25.6 Å².